The molecule has 5 rings (SSSR count). The monoisotopic (exact) mass is 562 g/mol. The topological polar surface area (TPSA) is 87.9 Å². The molecule has 5 aromatic rings. The van der Waals surface area contributed by atoms with E-state index in [-0.39, 0.29) is 5.91 Å². The molecule has 0 radical (unpaired) electrons. The van der Waals surface area contributed by atoms with E-state index >= 15 is 0 Å². The van der Waals surface area contributed by atoms with E-state index in [9.17, 15) is 10.1 Å². The summed E-state index contributed by atoms with van der Waals surface area (Å²) in [5, 5.41) is 15.5. The number of carbonyl (C=O) groups excluding carboxylic acids is 1. The number of nitrogens with one attached hydrogen (secondary N) is 1. The zero-order chi connectivity index (χ0) is 28.1. The Morgan fingerprint density at radius 2 is 1.62 bits per heavy atom. The summed E-state index contributed by atoms with van der Waals surface area (Å²) in [5.74, 6) is 0.555. The zero-order valence-corrected chi connectivity index (χ0v) is 23.8. The number of ether oxygens (including phenoxy) is 1. The number of anilines is 1. The van der Waals surface area contributed by atoms with Crippen LogP contribution >= 0.6 is 23.1 Å². The lowest BCUT2D eigenvalue weighted by Crippen LogP contribution is -2.22. The third-order valence-electron chi connectivity index (χ3n) is 6.31. The first kappa shape index (κ1) is 27.1. The molecule has 6 nitrogen and oxygen atoms in total. The van der Waals surface area contributed by atoms with Crippen LogP contribution in [0.1, 0.15) is 18.1 Å². The van der Waals surface area contributed by atoms with Crippen LogP contribution in [0.5, 0.6) is 5.75 Å². The quantitative estimate of drug-likeness (QED) is 0.194. The summed E-state index contributed by atoms with van der Waals surface area (Å²) in [7, 11) is 1.63. The third kappa shape index (κ3) is 6.07. The summed E-state index contributed by atoms with van der Waals surface area (Å²) in [6, 6.07) is 29.8. The normalized spacial score (nSPS) is 11.4. The highest BCUT2D eigenvalue weighted by molar-refractivity contribution is 8.00. The maximum Gasteiger partial charge on any atom is 0.239 e. The van der Waals surface area contributed by atoms with Gasteiger partial charge in [-0.15, -0.1) is 11.3 Å². The van der Waals surface area contributed by atoms with Crippen LogP contribution < -0.4 is 10.1 Å². The fraction of sp³-hybridized carbons (Fsp3) is 0.125. The second kappa shape index (κ2) is 12.2. The molecule has 0 fully saturated rings. The number of hydrogen-bond acceptors (Lipinski definition) is 7. The van der Waals surface area contributed by atoms with Crippen LogP contribution in [0.15, 0.2) is 95.3 Å². The molecular formula is C32H26N4O2S2. The number of aryl methyl sites for hydroxylation is 1. The molecule has 0 aliphatic rings. The van der Waals surface area contributed by atoms with Gasteiger partial charge in [-0.2, -0.15) is 5.26 Å². The molecular weight excluding hydrogens is 537 g/mol. The van der Waals surface area contributed by atoms with Gasteiger partial charge in [0.2, 0.25) is 5.91 Å². The van der Waals surface area contributed by atoms with Crippen molar-refractivity contribution in [2.75, 3.05) is 12.4 Å². The molecule has 0 saturated heterocycles. The van der Waals surface area contributed by atoms with Gasteiger partial charge in [-0.25, -0.2) is 9.97 Å². The lowest BCUT2D eigenvalue weighted by molar-refractivity contribution is -0.115. The van der Waals surface area contributed by atoms with Gasteiger partial charge in [0, 0.05) is 22.1 Å². The van der Waals surface area contributed by atoms with Crippen LogP contribution in [0.2, 0.25) is 0 Å². The van der Waals surface area contributed by atoms with E-state index in [1.807, 2.05) is 104 Å². The Morgan fingerprint density at radius 1 is 0.950 bits per heavy atom. The first-order valence-corrected chi connectivity index (χ1v) is 14.4. The van der Waals surface area contributed by atoms with Crippen molar-refractivity contribution >= 4 is 34.1 Å². The van der Waals surface area contributed by atoms with Crippen LogP contribution in [0.4, 0.5) is 5.13 Å². The van der Waals surface area contributed by atoms with Gasteiger partial charge >= 0.3 is 0 Å². The molecule has 8 heteroatoms. The second-order valence-corrected chi connectivity index (χ2v) is 11.3. The van der Waals surface area contributed by atoms with Crippen LogP contribution in [-0.2, 0) is 4.79 Å². The number of nitrogens with zero attached hydrogens (tertiary/aromatic N) is 3. The molecule has 1 N–H and O–H groups in total. The molecule has 198 valence electrons. The second-order valence-electron chi connectivity index (χ2n) is 9.09. The molecule has 0 aliphatic carbocycles. The predicted molar refractivity (Wildman–Crippen MR) is 163 cm³/mol. The molecule has 0 saturated carbocycles. The fourth-order valence-corrected chi connectivity index (χ4v) is 5.73. The lowest BCUT2D eigenvalue weighted by Gasteiger charge is -2.15. The van der Waals surface area contributed by atoms with Crippen LogP contribution in [0.25, 0.3) is 33.6 Å². The first-order chi connectivity index (χ1) is 19.4. The molecule has 0 aliphatic heterocycles. The highest BCUT2D eigenvalue weighted by Gasteiger charge is 2.22. The Labute approximate surface area is 241 Å². The number of aromatic nitrogens is 2. The van der Waals surface area contributed by atoms with Crippen molar-refractivity contribution in [3.63, 3.8) is 0 Å². The molecule has 2 aromatic heterocycles. The number of pyridine rings is 1. The van der Waals surface area contributed by atoms with Gasteiger partial charge in [0.15, 0.2) is 5.13 Å². The Morgan fingerprint density at radius 3 is 2.30 bits per heavy atom. The fourth-order valence-electron chi connectivity index (χ4n) is 4.09. The first-order valence-electron chi connectivity index (χ1n) is 12.6. The molecule has 0 spiro atoms. The minimum absolute atomic E-state index is 0.215. The van der Waals surface area contributed by atoms with Crippen molar-refractivity contribution in [3.05, 3.63) is 101 Å². The number of thioether (sulfide) groups is 1. The predicted octanol–water partition coefficient (Wildman–Crippen LogP) is 7.85. The third-order valence-corrected chi connectivity index (χ3v) is 8.15. The highest BCUT2D eigenvalue weighted by Crippen LogP contribution is 2.36. The number of thiazole rings is 1. The van der Waals surface area contributed by atoms with Crippen molar-refractivity contribution < 1.29 is 9.53 Å². The summed E-state index contributed by atoms with van der Waals surface area (Å²) in [6.07, 6.45) is 0. The Kier molecular flexibility index (Phi) is 8.25. The molecule has 1 amide bonds. The van der Waals surface area contributed by atoms with Gasteiger partial charge in [0.25, 0.3) is 0 Å². The van der Waals surface area contributed by atoms with E-state index in [1.165, 1.54) is 23.1 Å². The summed E-state index contributed by atoms with van der Waals surface area (Å²) in [6.45, 7) is 3.84. The van der Waals surface area contributed by atoms with Crippen molar-refractivity contribution in [1.82, 2.24) is 9.97 Å². The molecule has 3 aromatic carbocycles. The molecule has 40 heavy (non-hydrogen) atoms. The van der Waals surface area contributed by atoms with E-state index in [1.54, 1.807) is 7.11 Å². The van der Waals surface area contributed by atoms with E-state index in [4.69, 9.17) is 9.72 Å². The van der Waals surface area contributed by atoms with Crippen LogP contribution in [-0.4, -0.2) is 28.2 Å². The summed E-state index contributed by atoms with van der Waals surface area (Å²) >= 11 is 2.63. The maximum absolute atomic E-state index is 13.2. The van der Waals surface area contributed by atoms with Gasteiger partial charge < -0.3 is 10.1 Å². The zero-order valence-electron chi connectivity index (χ0n) is 22.2. The average Bonchev–Trinajstić information content (AvgIpc) is 3.46. The van der Waals surface area contributed by atoms with Gasteiger partial charge in [0.1, 0.15) is 16.8 Å². The number of rotatable bonds is 8. The SMILES string of the molecule is COc1ccc(-c2csc(NC(=O)C(C)Sc3nc(-c4ccccc4)cc(-c4ccc(C)cc4)c3C#N)n2)cc1. The molecule has 1 atom stereocenters. The van der Waals surface area contributed by atoms with Gasteiger partial charge in [-0.1, -0.05) is 71.9 Å². The van der Waals surface area contributed by atoms with E-state index in [0.29, 0.717) is 15.7 Å². The Bertz CT molecular complexity index is 1680. The minimum atomic E-state index is -0.523. The highest BCUT2D eigenvalue weighted by atomic mass is 32.2. The van der Waals surface area contributed by atoms with Gasteiger partial charge in [-0.05, 0) is 49.7 Å². The maximum atomic E-state index is 13.2. The average molecular weight is 563 g/mol. The minimum Gasteiger partial charge on any atom is -0.497 e. The van der Waals surface area contributed by atoms with Crippen molar-refractivity contribution in [2.45, 2.75) is 24.1 Å². The summed E-state index contributed by atoms with van der Waals surface area (Å²) in [4.78, 5) is 22.6. The number of nitriles is 1. The van der Waals surface area contributed by atoms with Crippen LogP contribution in [0, 0.1) is 18.3 Å². The Balaban J connectivity index is 1.41. The Hall–Kier alpha value is -4.45. The largest absolute Gasteiger partial charge is 0.497 e. The standard InChI is InChI=1S/C32H26N4O2S2/c1-20-9-11-22(12-10-20)26-17-28(23-7-5-4-6-8-23)34-31(27(26)18-33)40-21(2)30(37)36-32-35-29(19-39-32)24-13-15-25(38-3)16-14-24/h4-17,19,21H,1-3H3,(H,35,36,37). The summed E-state index contributed by atoms with van der Waals surface area (Å²) < 4.78 is 5.22. The number of amides is 1. The number of methoxy groups -OCH3 is 1. The smallest absolute Gasteiger partial charge is 0.239 e. The number of carbonyl (C=O) groups is 1. The van der Waals surface area contributed by atoms with E-state index < -0.39 is 5.25 Å². The molecule has 0 bridgehead atoms. The molecule has 2 heterocycles. The number of benzene rings is 3. The van der Waals surface area contributed by atoms with E-state index in [2.05, 4.69) is 16.4 Å². The van der Waals surface area contributed by atoms with E-state index in [0.717, 1.165) is 45.0 Å². The van der Waals surface area contributed by atoms with Crippen molar-refractivity contribution in [2.24, 2.45) is 0 Å². The summed E-state index contributed by atoms with van der Waals surface area (Å²) in [5.41, 5.74) is 6.69. The van der Waals surface area contributed by atoms with Crippen molar-refractivity contribution in [3.8, 4) is 45.5 Å². The van der Waals surface area contributed by atoms with Crippen LogP contribution in [0.3, 0.4) is 0 Å². The van der Waals surface area contributed by atoms with Gasteiger partial charge in [0.05, 0.1) is 29.3 Å². The lowest BCUT2D eigenvalue weighted by atomic mass is 9.98. The molecule has 1 unspecified atom stereocenters. The van der Waals surface area contributed by atoms with Gasteiger partial charge in [-0.3, -0.25) is 4.79 Å². The number of hydrogen-bond donors (Lipinski definition) is 1. The van der Waals surface area contributed by atoms with Crippen molar-refractivity contribution in [1.29, 1.82) is 5.26 Å².